The number of amides is 1. The fourth-order valence-electron chi connectivity index (χ4n) is 2.99. The Hall–Kier alpha value is -2.55. The first-order valence-electron chi connectivity index (χ1n) is 8.60. The quantitative estimate of drug-likeness (QED) is 0.676. The Labute approximate surface area is 143 Å². The fourth-order valence-corrected chi connectivity index (χ4v) is 2.99. The van der Waals surface area contributed by atoms with E-state index in [1.54, 1.807) is 0 Å². The van der Waals surface area contributed by atoms with Crippen molar-refractivity contribution in [1.82, 2.24) is 10.3 Å². The van der Waals surface area contributed by atoms with Crippen molar-refractivity contribution in [3.05, 3.63) is 71.9 Å². The Morgan fingerprint density at radius 1 is 1.04 bits per heavy atom. The van der Waals surface area contributed by atoms with Crippen molar-refractivity contribution in [1.29, 1.82) is 0 Å². The number of aromatic amines is 1. The normalized spacial score (nSPS) is 12.2. The second-order valence-corrected chi connectivity index (χ2v) is 6.33. The van der Waals surface area contributed by atoms with Crippen molar-refractivity contribution in [2.45, 2.75) is 26.2 Å². The molecular weight excluding hydrogens is 296 g/mol. The molecule has 0 fully saturated rings. The number of fused-ring (bicyclic) bond motifs is 1. The van der Waals surface area contributed by atoms with Crippen LogP contribution in [0, 0.1) is 5.92 Å². The van der Waals surface area contributed by atoms with Gasteiger partial charge in [0.1, 0.15) is 0 Å². The number of H-pyrrole nitrogens is 1. The molecule has 0 spiro atoms. The van der Waals surface area contributed by atoms with Gasteiger partial charge in [-0.15, -0.1) is 0 Å². The van der Waals surface area contributed by atoms with E-state index in [0.29, 0.717) is 6.54 Å². The molecule has 1 unspecified atom stereocenters. The molecule has 0 bridgehead atoms. The van der Waals surface area contributed by atoms with Crippen LogP contribution in [0.25, 0.3) is 10.9 Å². The van der Waals surface area contributed by atoms with E-state index >= 15 is 0 Å². The van der Waals surface area contributed by atoms with Gasteiger partial charge in [0.25, 0.3) is 0 Å². The van der Waals surface area contributed by atoms with Crippen LogP contribution in [0.15, 0.2) is 60.8 Å². The zero-order chi connectivity index (χ0) is 16.8. The molecule has 1 amide bonds. The van der Waals surface area contributed by atoms with Gasteiger partial charge in [-0.2, -0.15) is 0 Å². The number of aromatic nitrogens is 1. The Kier molecular flexibility index (Phi) is 5.32. The molecule has 0 aliphatic carbocycles. The van der Waals surface area contributed by atoms with Crippen LogP contribution in [0.1, 0.15) is 24.5 Å². The lowest BCUT2D eigenvalue weighted by molar-refractivity contribution is -0.124. The zero-order valence-corrected chi connectivity index (χ0v) is 14.1. The average Bonchev–Trinajstić information content (AvgIpc) is 3.03. The highest BCUT2D eigenvalue weighted by molar-refractivity contribution is 5.83. The Morgan fingerprint density at radius 2 is 1.79 bits per heavy atom. The van der Waals surface area contributed by atoms with Gasteiger partial charge in [-0.1, -0.05) is 55.5 Å². The van der Waals surface area contributed by atoms with E-state index < -0.39 is 0 Å². The molecule has 1 heterocycles. The molecule has 3 aromatic rings. The molecule has 0 saturated heterocycles. The highest BCUT2D eigenvalue weighted by atomic mass is 16.1. The molecule has 3 nitrogen and oxygen atoms in total. The van der Waals surface area contributed by atoms with Gasteiger partial charge in [-0.3, -0.25) is 4.79 Å². The van der Waals surface area contributed by atoms with Crippen LogP contribution < -0.4 is 5.32 Å². The fraction of sp³-hybridized carbons (Fsp3) is 0.286. The number of nitrogens with one attached hydrogen (secondary N) is 2. The number of rotatable bonds is 7. The van der Waals surface area contributed by atoms with E-state index in [1.807, 2.05) is 31.2 Å². The maximum atomic E-state index is 12.2. The summed E-state index contributed by atoms with van der Waals surface area (Å²) < 4.78 is 0. The second-order valence-electron chi connectivity index (χ2n) is 6.33. The van der Waals surface area contributed by atoms with Crippen LogP contribution >= 0.6 is 0 Å². The van der Waals surface area contributed by atoms with Crippen LogP contribution in [0.5, 0.6) is 0 Å². The van der Waals surface area contributed by atoms with Gasteiger partial charge in [0.2, 0.25) is 5.91 Å². The van der Waals surface area contributed by atoms with E-state index in [-0.39, 0.29) is 11.8 Å². The number of carbonyl (C=O) groups is 1. The molecule has 0 radical (unpaired) electrons. The lowest BCUT2D eigenvalue weighted by atomic mass is 10.00. The van der Waals surface area contributed by atoms with Gasteiger partial charge in [0, 0.05) is 29.6 Å². The standard InChI is InChI=1S/C21H24N2O/c1-16(21(24)22-14-13-17-7-3-2-4-8-17)11-12-18-15-23-20-10-6-5-9-19(18)20/h2-10,15-16,23H,11-14H2,1H3,(H,22,24). The predicted molar refractivity (Wildman–Crippen MR) is 98.9 cm³/mol. The monoisotopic (exact) mass is 320 g/mol. The van der Waals surface area contributed by atoms with E-state index in [2.05, 4.69) is 46.8 Å². The number of aryl methyl sites for hydroxylation is 1. The third-order valence-corrected chi connectivity index (χ3v) is 4.52. The molecule has 2 aromatic carbocycles. The smallest absolute Gasteiger partial charge is 0.222 e. The van der Waals surface area contributed by atoms with Crippen LogP contribution in [0.3, 0.4) is 0 Å². The molecule has 24 heavy (non-hydrogen) atoms. The third-order valence-electron chi connectivity index (χ3n) is 4.52. The number of hydrogen-bond acceptors (Lipinski definition) is 1. The maximum absolute atomic E-state index is 12.2. The van der Waals surface area contributed by atoms with Crippen molar-refractivity contribution >= 4 is 16.8 Å². The predicted octanol–water partition coefficient (Wildman–Crippen LogP) is 4.10. The molecule has 2 N–H and O–H groups in total. The SMILES string of the molecule is CC(CCc1c[nH]c2ccccc12)C(=O)NCCc1ccccc1. The van der Waals surface area contributed by atoms with Gasteiger partial charge in [-0.25, -0.2) is 0 Å². The summed E-state index contributed by atoms with van der Waals surface area (Å²) in [6.45, 7) is 2.70. The lowest BCUT2D eigenvalue weighted by Gasteiger charge is -2.12. The van der Waals surface area contributed by atoms with Crippen molar-refractivity contribution in [2.75, 3.05) is 6.54 Å². The molecular formula is C21H24N2O. The lowest BCUT2D eigenvalue weighted by Crippen LogP contribution is -2.31. The van der Waals surface area contributed by atoms with Gasteiger partial charge in [-0.05, 0) is 36.5 Å². The second kappa shape index (κ2) is 7.82. The number of hydrogen-bond donors (Lipinski definition) is 2. The summed E-state index contributed by atoms with van der Waals surface area (Å²) in [6.07, 6.45) is 4.71. The Morgan fingerprint density at radius 3 is 2.62 bits per heavy atom. The van der Waals surface area contributed by atoms with E-state index in [4.69, 9.17) is 0 Å². The topological polar surface area (TPSA) is 44.9 Å². The highest BCUT2D eigenvalue weighted by Gasteiger charge is 2.13. The van der Waals surface area contributed by atoms with Crippen LogP contribution in [0.4, 0.5) is 0 Å². The molecule has 0 saturated carbocycles. The van der Waals surface area contributed by atoms with E-state index in [1.165, 1.54) is 16.5 Å². The Bertz CT molecular complexity index is 792. The minimum absolute atomic E-state index is 0.0226. The summed E-state index contributed by atoms with van der Waals surface area (Å²) in [5.41, 5.74) is 3.70. The molecule has 3 rings (SSSR count). The number of carbonyl (C=O) groups excluding carboxylic acids is 1. The summed E-state index contributed by atoms with van der Waals surface area (Å²) in [4.78, 5) is 15.5. The van der Waals surface area contributed by atoms with E-state index in [0.717, 1.165) is 24.8 Å². The summed E-state index contributed by atoms with van der Waals surface area (Å²) in [7, 11) is 0. The van der Waals surface area contributed by atoms with Crippen molar-refractivity contribution in [3.63, 3.8) is 0 Å². The zero-order valence-electron chi connectivity index (χ0n) is 14.1. The average molecular weight is 320 g/mol. The van der Waals surface area contributed by atoms with Crippen molar-refractivity contribution in [3.8, 4) is 0 Å². The summed E-state index contributed by atoms with van der Waals surface area (Å²) in [5.74, 6) is 0.167. The van der Waals surface area contributed by atoms with Crippen LogP contribution in [0.2, 0.25) is 0 Å². The van der Waals surface area contributed by atoms with Crippen LogP contribution in [-0.4, -0.2) is 17.4 Å². The van der Waals surface area contributed by atoms with Crippen molar-refractivity contribution < 1.29 is 4.79 Å². The largest absolute Gasteiger partial charge is 0.361 e. The Balaban J connectivity index is 1.46. The molecule has 124 valence electrons. The van der Waals surface area contributed by atoms with Gasteiger partial charge in [0.05, 0.1) is 0 Å². The molecule has 0 aliphatic heterocycles. The number of para-hydroxylation sites is 1. The first-order chi connectivity index (χ1) is 11.7. The first kappa shape index (κ1) is 16.3. The van der Waals surface area contributed by atoms with Gasteiger partial charge < -0.3 is 10.3 Å². The summed E-state index contributed by atoms with van der Waals surface area (Å²) >= 11 is 0. The number of benzene rings is 2. The maximum Gasteiger partial charge on any atom is 0.222 e. The highest BCUT2D eigenvalue weighted by Crippen LogP contribution is 2.20. The summed E-state index contributed by atoms with van der Waals surface area (Å²) in [5, 5.41) is 4.31. The molecule has 0 aliphatic rings. The minimum Gasteiger partial charge on any atom is -0.361 e. The minimum atomic E-state index is 0.0226. The van der Waals surface area contributed by atoms with Crippen molar-refractivity contribution in [2.24, 2.45) is 5.92 Å². The molecule has 3 heteroatoms. The third kappa shape index (κ3) is 4.05. The van der Waals surface area contributed by atoms with Gasteiger partial charge >= 0.3 is 0 Å². The van der Waals surface area contributed by atoms with Gasteiger partial charge in [0.15, 0.2) is 0 Å². The molecule has 1 aromatic heterocycles. The summed E-state index contributed by atoms with van der Waals surface area (Å²) in [6, 6.07) is 18.5. The molecule has 1 atom stereocenters. The van der Waals surface area contributed by atoms with E-state index in [9.17, 15) is 4.79 Å². The van der Waals surface area contributed by atoms with Crippen LogP contribution in [-0.2, 0) is 17.6 Å². The first-order valence-corrected chi connectivity index (χ1v) is 8.60.